The Morgan fingerprint density at radius 2 is 1.16 bits per heavy atom. The number of H-pyrrole nitrogens is 2. The maximum atomic E-state index is 12.1. The lowest BCUT2D eigenvalue weighted by atomic mass is 9.86. The topological polar surface area (TPSA) is 132 Å². The highest BCUT2D eigenvalue weighted by Gasteiger charge is 2.55. The molecular weight excluding hydrogens is 324 g/mol. The fraction of sp³-hybridized carbons (Fsp3) is 0.0588. The number of aromatic amines is 2. The van der Waals surface area contributed by atoms with Crippen molar-refractivity contribution >= 4 is 34.0 Å². The highest BCUT2D eigenvalue weighted by molar-refractivity contribution is 6.08. The van der Waals surface area contributed by atoms with Crippen LogP contribution in [0.15, 0.2) is 48.5 Å². The van der Waals surface area contributed by atoms with Crippen molar-refractivity contribution in [3.05, 3.63) is 60.2 Å². The van der Waals surface area contributed by atoms with Gasteiger partial charge in [-0.3, -0.25) is 0 Å². The summed E-state index contributed by atoms with van der Waals surface area (Å²) in [7, 11) is 0. The first-order chi connectivity index (χ1) is 12.0. The SMILES string of the molecule is O=C(O)C(C(=O)O)(c1nc2ccccc2[nH]1)c1nc2ccccc2[nH]1. The van der Waals surface area contributed by atoms with E-state index in [2.05, 4.69) is 19.9 Å². The van der Waals surface area contributed by atoms with Crippen LogP contribution in [0.4, 0.5) is 0 Å². The van der Waals surface area contributed by atoms with Crippen LogP contribution in [0.1, 0.15) is 11.6 Å². The average molecular weight is 336 g/mol. The summed E-state index contributed by atoms with van der Waals surface area (Å²) >= 11 is 0. The second kappa shape index (κ2) is 5.17. The van der Waals surface area contributed by atoms with Gasteiger partial charge in [-0.1, -0.05) is 24.3 Å². The van der Waals surface area contributed by atoms with Crippen LogP contribution >= 0.6 is 0 Å². The molecule has 25 heavy (non-hydrogen) atoms. The van der Waals surface area contributed by atoms with E-state index in [4.69, 9.17) is 0 Å². The van der Waals surface area contributed by atoms with Crippen molar-refractivity contribution in [3.63, 3.8) is 0 Å². The lowest BCUT2D eigenvalue weighted by Gasteiger charge is -2.20. The van der Waals surface area contributed by atoms with E-state index in [1.165, 1.54) is 0 Å². The van der Waals surface area contributed by atoms with Gasteiger partial charge in [0, 0.05) is 0 Å². The molecule has 0 radical (unpaired) electrons. The van der Waals surface area contributed by atoms with Crippen molar-refractivity contribution in [3.8, 4) is 0 Å². The Kier molecular flexibility index (Phi) is 3.08. The molecule has 0 unspecified atom stereocenters. The molecule has 0 amide bonds. The molecule has 4 N–H and O–H groups in total. The summed E-state index contributed by atoms with van der Waals surface area (Å²) in [5.41, 5.74) is -0.445. The summed E-state index contributed by atoms with van der Waals surface area (Å²) in [4.78, 5) is 38.2. The molecule has 8 heteroatoms. The van der Waals surface area contributed by atoms with Crippen molar-refractivity contribution in [2.75, 3.05) is 0 Å². The molecule has 0 spiro atoms. The number of carbonyl (C=O) groups is 2. The standard InChI is InChI=1S/C17H12N4O4/c22-15(23)17(16(24)25,13-18-9-5-1-2-6-10(9)19-13)14-20-11-7-3-4-8-12(11)21-14/h1-8H,(H,18,19)(H,20,21)(H,22,23)(H,24,25). The molecule has 8 nitrogen and oxygen atoms in total. The Balaban J connectivity index is 2.05. The van der Waals surface area contributed by atoms with Crippen LogP contribution in [0, 0.1) is 0 Å². The number of hydrogen-bond acceptors (Lipinski definition) is 4. The predicted molar refractivity (Wildman–Crippen MR) is 88.2 cm³/mol. The van der Waals surface area contributed by atoms with E-state index >= 15 is 0 Å². The average Bonchev–Trinajstić information content (AvgIpc) is 3.18. The number of hydrogen-bond donors (Lipinski definition) is 4. The van der Waals surface area contributed by atoms with Gasteiger partial charge in [0.2, 0.25) is 0 Å². The molecule has 4 aromatic rings. The largest absolute Gasteiger partial charge is 0.480 e. The monoisotopic (exact) mass is 336 g/mol. The first kappa shape index (κ1) is 14.9. The summed E-state index contributed by atoms with van der Waals surface area (Å²) in [5, 5.41) is 19.7. The molecule has 2 heterocycles. The number of nitrogens with one attached hydrogen (secondary N) is 2. The number of carboxylic acids is 2. The van der Waals surface area contributed by atoms with Crippen molar-refractivity contribution < 1.29 is 19.8 Å². The van der Waals surface area contributed by atoms with E-state index in [0.717, 1.165) is 0 Å². The summed E-state index contributed by atoms with van der Waals surface area (Å²) in [6, 6.07) is 13.7. The Bertz CT molecular complexity index is 972. The molecular formula is C17H12N4O4. The number of aliphatic carboxylic acids is 2. The van der Waals surface area contributed by atoms with E-state index in [0.29, 0.717) is 22.1 Å². The second-order valence-corrected chi connectivity index (χ2v) is 5.57. The van der Waals surface area contributed by atoms with E-state index in [1.807, 2.05) is 0 Å². The van der Waals surface area contributed by atoms with Gasteiger partial charge < -0.3 is 20.2 Å². The highest BCUT2D eigenvalue weighted by atomic mass is 16.4. The molecule has 0 saturated carbocycles. The minimum Gasteiger partial charge on any atom is -0.480 e. The molecule has 0 atom stereocenters. The summed E-state index contributed by atoms with van der Waals surface area (Å²) < 4.78 is 0. The molecule has 2 aromatic carbocycles. The number of imidazole rings is 2. The lowest BCUT2D eigenvalue weighted by Crippen LogP contribution is -2.46. The van der Waals surface area contributed by atoms with Gasteiger partial charge in [-0.05, 0) is 24.3 Å². The van der Waals surface area contributed by atoms with Crippen LogP contribution in [-0.4, -0.2) is 42.1 Å². The Morgan fingerprint density at radius 3 is 1.52 bits per heavy atom. The van der Waals surface area contributed by atoms with Gasteiger partial charge in [0.15, 0.2) is 0 Å². The smallest absolute Gasteiger partial charge is 0.336 e. The van der Waals surface area contributed by atoms with Gasteiger partial charge in [0.1, 0.15) is 11.6 Å². The maximum Gasteiger partial charge on any atom is 0.336 e. The first-order valence-corrected chi connectivity index (χ1v) is 7.40. The molecule has 0 aliphatic rings. The molecule has 0 saturated heterocycles. The van der Waals surface area contributed by atoms with Gasteiger partial charge in [0.25, 0.3) is 5.41 Å². The van der Waals surface area contributed by atoms with E-state index in [1.54, 1.807) is 48.5 Å². The van der Waals surface area contributed by atoms with Crippen LogP contribution in [0.25, 0.3) is 22.1 Å². The lowest BCUT2D eigenvalue weighted by molar-refractivity contribution is -0.155. The van der Waals surface area contributed by atoms with Crippen LogP contribution in [0.2, 0.25) is 0 Å². The van der Waals surface area contributed by atoms with Crippen LogP contribution in [0.3, 0.4) is 0 Å². The minimum atomic E-state index is -2.47. The number of benzene rings is 2. The predicted octanol–water partition coefficient (Wildman–Crippen LogP) is 1.89. The number of fused-ring (bicyclic) bond motifs is 2. The number of para-hydroxylation sites is 4. The van der Waals surface area contributed by atoms with Crippen LogP contribution in [-0.2, 0) is 15.0 Å². The van der Waals surface area contributed by atoms with Gasteiger partial charge in [0.05, 0.1) is 22.1 Å². The van der Waals surface area contributed by atoms with E-state index < -0.39 is 17.4 Å². The summed E-state index contributed by atoms with van der Waals surface area (Å²) in [5.74, 6) is -3.60. The molecule has 0 aliphatic carbocycles. The molecule has 0 fully saturated rings. The third-order valence-electron chi connectivity index (χ3n) is 4.13. The third-order valence-corrected chi connectivity index (χ3v) is 4.13. The first-order valence-electron chi connectivity index (χ1n) is 7.40. The molecule has 2 aromatic heterocycles. The zero-order chi connectivity index (χ0) is 17.6. The number of aromatic nitrogens is 4. The normalized spacial score (nSPS) is 11.8. The fourth-order valence-corrected chi connectivity index (χ4v) is 2.87. The zero-order valence-corrected chi connectivity index (χ0v) is 12.7. The fourth-order valence-electron chi connectivity index (χ4n) is 2.87. The van der Waals surface area contributed by atoms with Crippen molar-refractivity contribution in [1.82, 2.24) is 19.9 Å². The Labute approximate surface area is 140 Å². The van der Waals surface area contributed by atoms with Gasteiger partial charge in [-0.25, -0.2) is 19.6 Å². The highest BCUT2D eigenvalue weighted by Crippen LogP contribution is 2.32. The van der Waals surface area contributed by atoms with Gasteiger partial charge >= 0.3 is 11.9 Å². The Hall–Kier alpha value is -3.68. The zero-order valence-electron chi connectivity index (χ0n) is 12.7. The van der Waals surface area contributed by atoms with E-state index in [9.17, 15) is 19.8 Å². The number of nitrogens with zero attached hydrogens (tertiary/aromatic N) is 2. The molecule has 0 bridgehead atoms. The van der Waals surface area contributed by atoms with Crippen LogP contribution < -0.4 is 0 Å². The van der Waals surface area contributed by atoms with Gasteiger partial charge in [-0.2, -0.15) is 0 Å². The quantitative estimate of drug-likeness (QED) is 0.421. The molecule has 124 valence electrons. The Morgan fingerprint density at radius 1 is 0.760 bits per heavy atom. The molecule has 0 aliphatic heterocycles. The molecule has 4 rings (SSSR count). The van der Waals surface area contributed by atoms with Crippen molar-refractivity contribution in [2.45, 2.75) is 5.41 Å². The number of rotatable bonds is 4. The van der Waals surface area contributed by atoms with E-state index in [-0.39, 0.29) is 11.6 Å². The number of carboxylic acid groups (broad SMARTS) is 2. The maximum absolute atomic E-state index is 12.1. The van der Waals surface area contributed by atoms with Gasteiger partial charge in [-0.15, -0.1) is 0 Å². The van der Waals surface area contributed by atoms with Crippen LogP contribution in [0.5, 0.6) is 0 Å². The third kappa shape index (κ3) is 2.01. The van der Waals surface area contributed by atoms with Crippen molar-refractivity contribution in [1.29, 1.82) is 0 Å². The summed E-state index contributed by atoms with van der Waals surface area (Å²) in [6.45, 7) is 0. The summed E-state index contributed by atoms with van der Waals surface area (Å²) in [6.07, 6.45) is 0. The second-order valence-electron chi connectivity index (χ2n) is 5.57. The van der Waals surface area contributed by atoms with Crippen molar-refractivity contribution in [2.24, 2.45) is 0 Å². The minimum absolute atomic E-state index is 0.215.